The van der Waals surface area contributed by atoms with Crippen LogP contribution in [0.25, 0.3) is 4.96 Å². The number of benzene rings is 1. The number of aromatic nitrogens is 3. The molecule has 0 radical (unpaired) electrons. The van der Waals surface area contributed by atoms with E-state index < -0.39 is 11.5 Å². The Morgan fingerprint density at radius 3 is 2.30 bits per heavy atom. The molecule has 4 rings (SSSR count). The fourth-order valence-electron chi connectivity index (χ4n) is 3.87. The number of carbonyl (C=O) groups is 1. The molecule has 0 unspecified atom stereocenters. The van der Waals surface area contributed by atoms with Crippen molar-refractivity contribution in [2.75, 3.05) is 39.3 Å². The van der Waals surface area contributed by atoms with Crippen molar-refractivity contribution >= 4 is 27.3 Å². The smallest absolute Gasteiger partial charge is 0.274 e. The number of hydrogen-bond acceptors (Lipinski definition) is 9. The van der Waals surface area contributed by atoms with Crippen molar-refractivity contribution in [2.24, 2.45) is 0 Å². The van der Waals surface area contributed by atoms with Crippen LogP contribution in [0.5, 0.6) is 17.2 Å². The molecule has 11 heteroatoms. The molecule has 1 aliphatic rings. The van der Waals surface area contributed by atoms with E-state index in [2.05, 4.69) is 20.3 Å². The van der Waals surface area contributed by atoms with Crippen LogP contribution in [0.2, 0.25) is 0 Å². The van der Waals surface area contributed by atoms with E-state index in [0.717, 1.165) is 36.6 Å². The van der Waals surface area contributed by atoms with E-state index in [1.165, 1.54) is 56.1 Å². The van der Waals surface area contributed by atoms with Gasteiger partial charge >= 0.3 is 0 Å². The highest BCUT2D eigenvalue weighted by atomic mass is 32.1. The zero-order valence-electron chi connectivity index (χ0n) is 18.9. The normalized spacial score (nSPS) is 14.1. The largest absolute Gasteiger partial charge is 0.493 e. The lowest BCUT2D eigenvalue weighted by Crippen LogP contribution is -2.28. The van der Waals surface area contributed by atoms with Crippen LogP contribution < -0.4 is 30.0 Å². The lowest BCUT2D eigenvalue weighted by molar-refractivity contribution is 0.0943. The van der Waals surface area contributed by atoms with Crippen LogP contribution in [0.15, 0.2) is 23.0 Å². The van der Waals surface area contributed by atoms with Gasteiger partial charge in [-0.1, -0.05) is 24.2 Å². The Labute approximate surface area is 195 Å². The topological polar surface area (TPSA) is 107 Å². The van der Waals surface area contributed by atoms with Crippen molar-refractivity contribution in [3.8, 4) is 17.2 Å². The minimum Gasteiger partial charge on any atom is -0.493 e. The van der Waals surface area contributed by atoms with Crippen molar-refractivity contribution in [1.82, 2.24) is 19.9 Å². The van der Waals surface area contributed by atoms with Crippen molar-refractivity contribution in [2.45, 2.75) is 32.2 Å². The maximum Gasteiger partial charge on any atom is 0.274 e. The lowest BCUT2D eigenvalue weighted by atomic mass is 10.1. The number of amides is 1. The Balaban J connectivity index is 1.59. The lowest BCUT2D eigenvalue weighted by Gasteiger charge is -2.17. The molecular formula is C22H27N5O5S. The van der Waals surface area contributed by atoms with Crippen molar-refractivity contribution in [3.63, 3.8) is 0 Å². The van der Waals surface area contributed by atoms with Gasteiger partial charge in [0.05, 0.1) is 21.3 Å². The minimum absolute atomic E-state index is 0.148. The Hall–Kier alpha value is -3.34. The van der Waals surface area contributed by atoms with Crippen molar-refractivity contribution in [3.05, 3.63) is 39.8 Å². The maximum absolute atomic E-state index is 13.0. The third-order valence-corrected chi connectivity index (χ3v) is 6.50. The first-order chi connectivity index (χ1) is 16.0. The molecule has 0 spiro atoms. The second kappa shape index (κ2) is 10.1. The fourth-order valence-corrected chi connectivity index (χ4v) is 4.83. The molecule has 0 saturated carbocycles. The summed E-state index contributed by atoms with van der Waals surface area (Å²) in [5, 5.41) is 8.23. The van der Waals surface area contributed by atoms with Crippen LogP contribution in [0, 0.1) is 0 Å². The number of fused-ring (bicyclic) bond motifs is 1. The number of nitrogens with one attached hydrogen (secondary N) is 1. The highest BCUT2D eigenvalue weighted by molar-refractivity contribution is 7.20. The number of hydrogen-bond donors (Lipinski definition) is 1. The number of nitrogens with zero attached hydrogens (tertiary/aromatic N) is 4. The first-order valence-electron chi connectivity index (χ1n) is 10.8. The van der Waals surface area contributed by atoms with Gasteiger partial charge in [-0.3, -0.25) is 9.59 Å². The molecule has 3 aromatic rings. The molecule has 1 fully saturated rings. The average Bonchev–Trinajstić information content (AvgIpc) is 3.06. The predicted octanol–water partition coefficient (Wildman–Crippen LogP) is 2.49. The van der Waals surface area contributed by atoms with Crippen LogP contribution in [0.3, 0.4) is 0 Å². The van der Waals surface area contributed by atoms with Gasteiger partial charge in [-0.25, -0.2) is 0 Å². The molecule has 0 aliphatic carbocycles. The summed E-state index contributed by atoms with van der Waals surface area (Å²) < 4.78 is 17.5. The van der Waals surface area contributed by atoms with E-state index >= 15 is 0 Å². The quantitative estimate of drug-likeness (QED) is 0.558. The molecule has 1 amide bonds. The van der Waals surface area contributed by atoms with Gasteiger partial charge in [0.25, 0.3) is 11.5 Å². The van der Waals surface area contributed by atoms with E-state index in [4.69, 9.17) is 14.2 Å². The third kappa shape index (κ3) is 4.87. The minimum atomic E-state index is -0.473. The molecule has 1 aromatic carbocycles. The van der Waals surface area contributed by atoms with E-state index in [-0.39, 0.29) is 12.2 Å². The zero-order valence-corrected chi connectivity index (χ0v) is 19.7. The molecule has 0 bridgehead atoms. The Kier molecular flexibility index (Phi) is 6.97. The molecule has 10 nitrogen and oxygen atoms in total. The molecule has 3 heterocycles. The van der Waals surface area contributed by atoms with Crippen LogP contribution in [-0.4, -0.2) is 54.9 Å². The molecule has 1 aliphatic heterocycles. The van der Waals surface area contributed by atoms with Gasteiger partial charge in [0.15, 0.2) is 11.5 Å². The third-order valence-electron chi connectivity index (χ3n) is 5.53. The van der Waals surface area contributed by atoms with Gasteiger partial charge in [0.1, 0.15) is 5.69 Å². The van der Waals surface area contributed by atoms with E-state index in [1.54, 1.807) is 12.1 Å². The first kappa shape index (κ1) is 22.8. The Morgan fingerprint density at radius 1 is 1.03 bits per heavy atom. The van der Waals surface area contributed by atoms with E-state index in [1.807, 2.05) is 0 Å². The fraction of sp³-hybridized carbons (Fsp3) is 0.455. The maximum atomic E-state index is 13.0. The first-order valence-corrected chi connectivity index (χ1v) is 11.6. The number of rotatable bonds is 7. The molecule has 33 heavy (non-hydrogen) atoms. The number of methoxy groups -OCH3 is 3. The number of ether oxygens (including phenoxy) is 3. The van der Waals surface area contributed by atoms with Crippen molar-refractivity contribution < 1.29 is 19.0 Å². The Morgan fingerprint density at radius 2 is 1.70 bits per heavy atom. The summed E-state index contributed by atoms with van der Waals surface area (Å²) >= 11 is 1.33. The molecule has 1 N–H and O–H groups in total. The number of carbonyl (C=O) groups excluding carboxylic acids is 1. The predicted molar refractivity (Wildman–Crippen MR) is 125 cm³/mol. The van der Waals surface area contributed by atoms with Crippen LogP contribution in [0.4, 0.5) is 5.13 Å². The summed E-state index contributed by atoms with van der Waals surface area (Å²) in [4.78, 5) is 31.9. The van der Waals surface area contributed by atoms with Gasteiger partial charge in [-0.15, -0.1) is 5.10 Å². The number of anilines is 1. The standard InChI is InChI=1S/C22H27N5O5S/c1-30-16-10-14(11-17(31-2)19(16)32-3)13-23-20(29)15-12-18(28)24-21-27(15)25-22(33-21)26-8-6-4-5-7-9-26/h10-12H,4-9,13H2,1-3H3,(H,23,29). The summed E-state index contributed by atoms with van der Waals surface area (Å²) in [5.74, 6) is 1.03. The molecule has 176 valence electrons. The van der Waals surface area contributed by atoms with Gasteiger partial charge in [-0.05, 0) is 30.5 Å². The molecule has 2 aromatic heterocycles. The second-order valence-electron chi connectivity index (χ2n) is 7.68. The second-order valence-corrected chi connectivity index (χ2v) is 8.61. The van der Waals surface area contributed by atoms with Crippen molar-refractivity contribution in [1.29, 1.82) is 0 Å². The monoisotopic (exact) mass is 473 g/mol. The van der Waals surface area contributed by atoms with Crippen LogP contribution in [0.1, 0.15) is 41.7 Å². The molecule has 1 saturated heterocycles. The van der Waals surface area contributed by atoms with E-state index in [9.17, 15) is 9.59 Å². The SMILES string of the molecule is COc1cc(CNC(=O)c2cc(=O)nc3sc(N4CCCCCC4)nn23)cc(OC)c1OC. The molecule has 0 atom stereocenters. The summed E-state index contributed by atoms with van der Waals surface area (Å²) in [7, 11) is 4.59. The summed E-state index contributed by atoms with van der Waals surface area (Å²) in [6.45, 7) is 2.01. The highest BCUT2D eigenvalue weighted by Crippen LogP contribution is 2.38. The Bertz CT molecular complexity index is 1170. The molecular weight excluding hydrogens is 446 g/mol. The van der Waals surface area contributed by atoms with Gasteiger partial charge < -0.3 is 24.4 Å². The summed E-state index contributed by atoms with van der Waals surface area (Å²) in [6, 6.07) is 4.73. The van der Waals surface area contributed by atoms with E-state index in [0.29, 0.717) is 22.2 Å². The van der Waals surface area contributed by atoms with Gasteiger partial charge in [0, 0.05) is 25.7 Å². The summed E-state index contributed by atoms with van der Waals surface area (Å²) in [6.07, 6.45) is 4.60. The average molecular weight is 474 g/mol. The zero-order chi connectivity index (χ0) is 23.4. The summed E-state index contributed by atoms with van der Waals surface area (Å²) in [5.41, 5.74) is 0.424. The van der Waals surface area contributed by atoms with Gasteiger partial charge in [0.2, 0.25) is 15.8 Å². The van der Waals surface area contributed by atoms with Crippen LogP contribution >= 0.6 is 11.3 Å². The van der Waals surface area contributed by atoms with Gasteiger partial charge in [-0.2, -0.15) is 9.50 Å². The van der Waals surface area contributed by atoms with Crippen LogP contribution in [-0.2, 0) is 6.54 Å². The highest BCUT2D eigenvalue weighted by Gasteiger charge is 2.20.